The van der Waals surface area contributed by atoms with E-state index in [2.05, 4.69) is 10.2 Å². The van der Waals surface area contributed by atoms with E-state index in [1.165, 1.54) is 0 Å². The Balaban J connectivity index is 2.13. The summed E-state index contributed by atoms with van der Waals surface area (Å²) in [7, 11) is 1.61. The van der Waals surface area contributed by atoms with Crippen molar-refractivity contribution in [3.63, 3.8) is 0 Å². The first-order chi connectivity index (χ1) is 8.31. The van der Waals surface area contributed by atoms with E-state index in [4.69, 9.17) is 15.2 Å². The van der Waals surface area contributed by atoms with Crippen LogP contribution in [0.2, 0.25) is 0 Å². The monoisotopic (exact) mass is 231 g/mol. The van der Waals surface area contributed by atoms with Crippen LogP contribution in [0, 0.1) is 0 Å². The Morgan fingerprint density at radius 3 is 2.59 bits per heavy atom. The number of hydrogen-bond donors (Lipinski definition) is 1. The SMILES string of the molecule is COc1cccc(Oc2ccc(CN)nn2)c1. The third kappa shape index (κ3) is 2.92. The van der Waals surface area contributed by atoms with Crippen molar-refractivity contribution in [2.75, 3.05) is 7.11 Å². The van der Waals surface area contributed by atoms with Gasteiger partial charge in [-0.25, -0.2) is 0 Å². The number of hydrogen-bond acceptors (Lipinski definition) is 5. The van der Waals surface area contributed by atoms with E-state index >= 15 is 0 Å². The van der Waals surface area contributed by atoms with Crippen molar-refractivity contribution in [3.8, 4) is 17.4 Å². The molecular weight excluding hydrogens is 218 g/mol. The van der Waals surface area contributed by atoms with Crippen LogP contribution in [0.15, 0.2) is 36.4 Å². The minimum absolute atomic E-state index is 0.367. The Labute approximate surface area is 99.2 Å². The van der Waals surface area contributed by atoms with Crippen molar-refractivity contribution in [2.24, 2.45) is 5.73 Å². The summed E-state index contributed by atoms with van der Waals surface area (Å²) in [6.45, 7) is 0.367. The van der Waals surface area contributed by atoms with Crippen LogP contribution in [0.25, 0.3) is 0 Å². The van der Waals surface area contributed by atoms with E-state index in [1.54, 1.807) is 25.3 Å². The molecule has 17 heavy (non-hydrogen) atoms. The summed E-state index contributed by atoms with van der Waals surface area (Å²) in [4.78, 5) is 0. The van der Waals surface area contributed by atoms with Gasteiger partial charge in [-0.2, -0.15) is 5.10 Å². The molecule has 0 radical (unpaired) electrons. The molecule has 0 unspecified atom stereocenters. The number of nitrogens with two attached hydrogens (primary N) is 1. The normalized spacial score (nSPS) is 10.0. The molecular formula is C12H13N3O2. The molecule has 0 saturated carbocycles. The first-order valence-corrected chi connectivity index (χ1v) is 5.16. The number of ether oxygens (including phenoxy) is 2. The van der Waals surface area contributed by atoms with Gasteiger partial charge in [-0.1, -0.05) is 6.07 Å². The van der Waals surface area contributed by atoms with Gasteiger partial charge >= 0.3 is 0 Å². The molecule has 2 aromatic rings. The number of methoxy groups -OCH3 is 1. The molecule has 88 valence electrons. The zero-order valence-corrected chi connectivity index (χ0v) is 9.46. The largest absolute Gasteiger partial charge is 0.497 e. The van der Waals surface area contributed by atoms with Gasteiger partial charge in [0.15, 0.2) is 0 Å². The zero-order valence-electron chi connectivity index (χ0n) is 9.46. The molecule has 0 fully saturated rings. The lowest BCUT2D eigenvalue weighted by atomic mass is 10.3. The Morgan fingerprint density at radius 1 is 1.12 bits per heavy atom. The summed E-state index contributed by atoms with van der Waals surface area (Å²) in [5, 5.41) is 7.81. The molecule has 0 aliphatic heterocycles. The second kappa shape index (κ2) is 5.27. The number of rotatable bonds is 4. The standard InChI is InChI=1S/C12H13N3O2/c1-16-10-3-2-4-11(7-10)17-12-6-5-9(8-13)14-15-12/h2-7H,8,13H2,1H3. The minimum atomic E-state index is 0.367. The third-order valence-corrected chi connectivity index (χ3v) is 2.17. The van der Waals surface area contributed by atoms with Crippen molar-refractivity contribution >= 4 is 0 Å². The highest BCUT2D eigenvalue weighted by atomic mass is 16.5. The Bertz CT molecular complexity index is 485. The van der Waals surface area contributed by atoms with E-state index < -0.39 is 0 Å². The Morgan fingerprint density at radius 2 is 1.94 bits per heavy atom. The molecule has 0 spiro atoms. The molecule has 0 atom stereocenters. The quantitative estimate of drug-likeness (QED) is 0.867. The number of nitrogens with zero attached hydrogens (tertiary/aromatic N) is 2. The van der Waals surface area contributed by atoms with Gasteiger partial charge in [0, 0.05) is 18.7 Å². The van der Waals surface area contributed by atoms with Gasteiger partial charge in [-0.05, 0) is 18.2 Å². The Hall–Kier alpha value is -2.14. The van der Waals surface area contributed by atoms with Gasteiger partial charge < -0.3 is 15.2 Å². The summed E-state index contributed by atoms with van der Waals surface area (Å²) in [6, 6.07) is 10.8. The maximum atomic E-state index is 5.53. The van der Waals surface area contributed by atoms with E-state index in [1.807, 2.05) is 18.2 Å². The summed E-state index contributed by atoms with van der Waals surface area (Å²) in [5.41, 5.74) is 6.16. The van der Waals surface area contributed by atoms with E-state index in [0.29, 0.717) is 18.2 Å². The van der Waals surface area contributed by atoms with Gasteiger partial charge in [-0.15, -0.1) is 5.10 Å². The highest BCUT2D eigenvalue weighted by molar-refractivity contribution is 5.34. The van der Waals surface area contributed by atoms with Crippen LogP contribution in [0.5, 0.6) is 17.4 Å². The van der Waals surface area contributed by atoms with E-state index in [-0.39, 0.29) is 0 Å². The van der Waals surface area contributed by atoms with Crippen LogP contribution in [-0.4, -0.2) is 17.3 Å². The van der Waals surface area contributed by atoms with Crippen LogP contribution in [0.3, 0.4) is 0 Å². The van der Waals surface area contributed by atoms with Crippen LogP contribution in [-0.2, 0) is 6.54 Å². The number of benzene rings is 1. The van der Waals surface area contributed by atoms with Crippen LogP contribution in [0.1, 0.15) is 5.69 Å². The minimum Gasteiger partial charge on any atom is -0.497 e. The zero-order chi connectivity index (χ0) is 12.1. The van der Waals surface area contributed by atoms with Crippen molar-refractivity contribution < 1.29 is 9.47 Å². The molecule has 1 aromatic carbocycles. The smallest absolute Gasteiger partial charge is 0.238 e. The molecule has 1 aromatic heterocycles. The predicted molar refractivity (Wildman–Crippen MR) is 63.0 cm³/mol. The highest BCUT2D eigenvalue weighted by Crippen LogP contribution is 2.23. The molecule has 0 aliphatic rings. The topological polar surface area (TPSA) is 70.3 Å². The predicted octanol–water partition coefficient (Wildman–Crippen LogP) is 1.74. The summed E-state index contributed by atoms with van der Waals surface area (Å²) < 4.78 is 10.6. The van der Waals surface area contributed by atoms with Gasteiger partial charge in [0.25, 0.3) is 0 Å². The molecule has 5 nitrogen and oxygen atoms in total. The van der Waals surface area contributed by atoms with E-state index in [9.17, 15) is 0 Å². The summed E-state index contributed by atoms with van der Waals surface area (Å²) in [6.07, 6.45) is 0. The molecule has 1 heterocycles. The molecule has 2 rings (SSSR count). The summed E-state index contributed by atoms with van der Waals surface area (Å²) >= 11 is 0. The molecule has 0 saturated heterocycles. The fourth-order valence-electron chi connectivity index (χ4n) is 1.30. The van der Waals surface area contributed by atoms with Crippen LogP contribution in [0.4, 0.5) is 0 Å². The molecule has 5 heteroatoms. The van der Waals surface area contributed by atoms with Gasteiger partial charge in [-0.3, -0.25) is 0 Å². The fraction of sp³-hybridized carbons (Fsp3) is 0.167. The summed E-state index contributed by atoms with van der Waals surface area (Å²) in [5.74, 6) is 1.81. The molecule has 2 N–H and O–H groups in total. The highest BCUT2D eigenvalue weighted by Gasteiger charge is 2.01. The second-order valence-electron chi connectivity index (χ2n) is 3.35. The lowest BCUT2D eigenvalue weighted by molar-refractivity contribution is 0.406. The third-order valence-electron chi connectivity index (χ3n) is 2.17. The first kappa shape index (κ1) is 11.3. The average molecular weight is 231 g/mol. The molecule has 0 amide bonds. The van der Waals surface area contributed by atoms with Gasteiger partial charge in [0.2, 0.25) is 5.88 Å². The van der Waals surface area contributed by atoms with E-state index in [0.717, 1.165) is 11.4 Å². The lowest BCUT2D eigenvalue weighted by Crippen LogP contribution is -2.01. The van der Waals surface area contributed by atoms with Crippen molar-refractivity contribution in [1.29, 1.82) is 0 Å². The lowest BCUT2D eigenvalue weighted by Gasteiger charge is -2.05. The molecule has 0 bridgehead atoms. The molecule has 0 aliphatic carbocycles. The van der Waals surface area contributed by atoms with Gasteiger partial charge in [0.05, 0.1) is 12.8 Å². The fourth-order valence-corrected chi connectivity index (χ4v) is 1.30. The van der Waals surface area contributed by atoms with Gasteiger partial charge in [0.1, 0.15) is 11.5 Å². The Kier molecular flexibility index (Phi) is 3.52. The van der Waals surface area contributed by atoms with Crippen LogP contribution < -0.4 is 15.2 Å². The average Bonchev–Trinajstić information content (AvgIpc) is 2.40. The van der Waals surface area contributed by atoms with Crippen molar-refractivity contribution in [3.05, 3.63) is 42.1 Å². The maximum absolute atomic E-state index is 5.53. The van der Waals surface area contributed by atoms with Crippen molar-refractivity contribution in [1.82, 2.24) is 10.2 Å². The van der Waals surface area contributed by atoms with Crippen molar-refractivity contribution in [2.45, 2.75) is 6.54 Å². The second-order valence-corrected chi connectivity index (χ2v) is 3.35. The first-order valence-electron chi connectivity index (χ1n) is 5.16. The van der Waals surface area contributed by atoms with Crippen LogP contribution >= 0.6 is 0 Å². The number of aromatic nitrogens is 2. The maximum Gasteiger partial charge on any atom is 0.238 e.